The molecule has 31 heavy (non-hydrogen) atoms. The van der Waals surface area contributed by atoms with Gasteiger partial charge in [-0.05, 0) is 55.4 Å². The van der Waals surface area contributed by atoms with Crippen molar-refractivity contribution in [2.45, 2.75) is 44.7 Å². The number of carbonyl (C=O) groups is 1. The van der Waals surface area contributed by atoms with Crippen LogP contribution in [0.15, 0.2) is 48.5 Å². The van der Waals surface area contributed by atoms with Crippen LogP contribution in [0.5, 0.6) is 0 Å². The Morgan fingerprint density at radius 3 is 2.13 bits per heavy atom. The van der Waals surface area contributed by atoms with Crippen LogP contribution in [-0.4, -0.2) is 24.1 Å². The van der Waals surface area contributed by atoms with Gasteiger partial charge in [0.1, 0.15) is 0 Å². The normalized spacial score (nSPS) is 15.4. The van der Waals surface area contributed by atoms with Crippen molar-refractivity contribution in [1.29, 1.82) is 0 Å². The molecule has 3 rings (SSSR count). The molecule has 8 heteroatoms. The van der Waals surface area contributed by atoms with Crippen molar-refractivity contribution in [2.75, 3.05) is 23.3 Å². The number of alkyl halides is 3. The Morgan fingerprint density at radius 2 is 1.52 bits per heavy atom. The van der Waals surface area contributed by atoms with Crippen molar-refractivity contribution in [2.24, 2.45) is 0 Å². The molecule has 1 fully saturated rings. The molecule has 2 N–H and O–H groups in total. The van der Waals surface area contributed by atoms with Crippen LogP contribution in [-0.2, 0) is 6.18 Å². The second-order valence-corrected chi connectivity index (χ2v) is 8.02. The van der Waals surface area contributed by atoms with Crippen molar-refractivity contribution in [3.8, 4) is 0 Å². The summed E-state index contributed by atoms with van der Waals surface area (Å²) in [6, 6.07) is 12.1. The molecule has 4 nitrogen and oxygen atoms in total. The van der Waals surface area contributed by atoms with Crippen LogP contribution in [0.2, 0.25) is 0 Å². The molecular formula is C23H26F3N3OS. The number of amides is 1. The fourth-order valence-corrected chi connectivity index (χ4v) is 3.87. The van der Waals surface area contributed by atoms with E-state index in [-0.39, 0.29) is 10.8 Å². The maximum Gasteiger partial charge on any atom is 0.416 e. The van der Waals surface area contributed by atoms with Gasteiger partial charge in [0.05, 0.1) is 16.9 Å². The highest BCUT2D eigenvalue weighted by Gasteiger charge is 2.31. The summed E-state index contributed by atoms with van der Waals surface area (Å²) in [5, 5.41) is 5.33. The molecule has 166 valence electrons. The second-order valence-electron chi connectivity index (χ2n) is 7.61. The first-order valence-corrected chi connectivity index (χ1v) is 10.9. The van der Waals surface area contributed by atoms with E-state index in [1.165, 1.54) is 18.9 Å². The average molecular weight is 450 g/mol. The first-order chi connectivity index (χ1) is 14.8. The molecule has 0 bridgehead atoms. The minimum Gasteiger partial charge on any atom is -0.370 e. The van der Waals surface area contributed by atoms with Gasteiger partial charge < -0.3 is 10.2 Å². The molecule has 1 saturated heterocycles. The summed E-state index contributed by atoms with van der Waals surface area (Å²) in [5.41, 5.74) is 0.551. The van der Waals surface area contributed by atoms with Crippen LogP contribution < -0.4 is 15.5 Å². The number of anilines is 2. The summed E-state index contributed by atoms with van der Waals surface area (Å²) >= 11 is 5.24. The molecule has 2 aromatic carbocycles. The number of benzene rings is 2. The van der Waals surface area contributed by atoms with E-state index in [1.807, 2.05) is 0 Å². The van der Waals surface area contributed by atoms with Crippen LogP contribution in [0.1, 0.15) is 54.4 Å². The maximum atomic E-state index is 13.3. The fourth-order valence-electron chi connectivity index (χ4n) is 3.67. The molecule has 1 amide bonds. The molecule has 0 spiro atoms. The number of carbonyl (C=O) groups excluding carboxylic acids is 1. The molecule has 0 aliphatic carbocycles. The summed E-state index contributed by atoms with van der Waals surface area (Å²) in [4.78, 5) is 14.5. The van der Waals surface area contributed by atoms with E-state index in [1.54, 1.807) is 30.3 Å². The zero-order chi connectivity index (χ0) is 22.3. The third-order valence-corrected chi connectivity index (χ3v) is 5.49. The van der Waals surface area contributed by atoms with Crippen molar-refractivity contribution >= 4 is 34.6 Å². The third kappa shape index (κ3) is 6.69. The van der Waals surface area contributed by atoms with Crippen molar-refractivity contribution in [1.82, 2.24) is 5.32 Å². The molecule has 0 radical (unpaired) electrons. The van der Waals surface area contributed by atoms with Crippen molar-refractivity contribution < 1.29 is 18.0 Å². The van der Waals surface area contributed by atoms with Crippen LogP contribution in [0, 0.1) is 0 Å². The van der Waals surface area contributed by atoms with E-state index in [0.29, 0.717) is 11.3 Å². The summed E-state index contributed by atoms with van der Waals surface area (Å²) in [6.07, 6.45) is 2.06. The molecule has 2 aromatic rings. The molecular weight excluding hydrogens is 423 g/mol. The third-order valence-electron chi connectivity index (χ3n) is 5.28. The highest BCUT2D eigenvalue weighted by atomic mass is 32.1. The van der Waals surface area contributed by atoms with Gasteiger partial charge in [-0.25, -0.2) is 0 Å². The minimum atomic E-state index is -4.47. The van der Waals surface area contributed by atoms with Crippen molar-refractivity contribution in [3.05, 3.63) is 59.7 Å². The van der Waals surface area contributed by atoms with E-state index in [4.69, 9.17) is 12.2 Å². The molecule has 0 unspecified atom stereocenters. The van der Waals surface area contributed by atoms with Gasteiger partial charge in [-0.15, -0.1) is 0 Å². The lowest BCUT2D eigenvalue weighted by molar-refractivity contribution is -0.137. The Morgan fingerprint density at radius 1 is 0.903 bits per heavy atom. The number of rotatable bonds is 3. The van der Waals surface area contributed by atoms with Gasteiger partial charge in [0.2, 0.25) is 0 Å². The predicted molar refractivity (Wildman–Crippen MR) is 121 cm³/mol. The SMILES string of the molecule is O=C(NC(=S)Nc1cc(C(F)(F)F)ccc1N1CCCCCCCC1)c1ccccc1. The number of hydrogen-bond acceptors (Lipinski definition) is 3. The summed E-state index contributed by atoms with van der Waals surface area (Å²) in [5.74, 6) is -0.422. The van der Waals surface area contributed by atoms with Gasteiger partial charge in [-0.2, -0.15) is 13.2 Å². The lowest BCUT2D eigenvalue weighted by Gasteiger charge is -2.28. The van der Waals surface area contributed by atoms with E-state index in [0.717, 1.165) is 50.9 Å². The fraction of sp³-hybridized carbons (Fsp3) is 0.391. The average Bonchev–Trinajstić information content (AvgIpc) is 2.87. The van der Waals surface area contributed by atoms with Gasteiger partial charge in [0, 0.05) is 18.7 Å². The molecule has 0 aromatic heterocycles. The van der Waals surface area contributed by atoms with Gasteiger partial charge in [-0.1, -0.05) is 43.9 Å². The Labute approximate surface area is 185 Å². The van der Waals surface area contributed by atoms with E-state index >= 15 is 0 Å². The van der Waals surface area contributed by atoms with Gasteiger partial charge in [0.25, 0.3) is 5.91 Å². The van der Waals surface area contributed by atoms with Crippen LogP contribution in [0.3, 0.4) is 0 Å². The predicted octanol–water partition coefficient (Wildman–Crippen LogP) is 5.99. The molecule has 1 aliphatic heterocycles. The molecule has 0 atom stereocenters. The maximum absolute atomic E-state index is 13.3. The molecule has 0 saturated carbocycles. The number of thiocarbonyl (C=S) groups is 1. The smallest absolute Gasteiger partial charge is 0.370 e. The van der Waals surface area contributed by atoms with E-state index in [9.17, 15) is 18.0 Å². The Hall–Kier alpha value is -2.61. The van der Waals surface area contributed by atoms with Crippen LogP contribution in [0.25, 0.3) is 0 Å². The lowest BCUT2D eigenvalue weighted by Crippen LogP contribution is -2.35. The van der Waals surface area contributed by atoms with Gasteiger partial charge >= 0.3 is 6.18 Å². The number of hydrogen-bond donors (Lipinski definition) is 2. The van der Waals surface area contributed by atoms with Gasteiger partial charge in [0.15, 0.2) is 5.11 Å². The Balaban J connectivity index is 1.83. The summed E-state index contributed by atoms with van der Waals surface area (Å²) < 4.78 is 40.0. The zero-order valence-corrected chi connectivity index (χ0v) is 18.0. The number of nitrogens with one attached hydrogen (secondary N) is 2. The topological polar surface area (TPSA) is 44.4 Å². The number of halogens is 3. The quantitative estimate of drug-likeness (QED) is 0.565. The van der Waals surface area contributed by atoms with Crippen LogP contribution >= 0.6 is 12.2 Å². The Bertz CT molecular complexity index is 893. The molecule has 1 heterocycles. The first kappa shape index (κ1) is 23.1. The first-order valence-electron chi connectivity index (χ1n) is 10.5. The largest absolute Gasteiger partial charge is 0.416 e. The monoisotopic (exact) mass is 449 g/mol. The molecule has 1 aliphatic rings. The van der Waals surface area contributed by atoms with Gasteiger partial charge in [-0.3, -0.25) is 10.1 Å². The summed E-state index contributed by atoms with van der Waals surface area (Å²) in [6.45, 7) is 1.53. The summed E-state index contributed by atoms with van der Waals surface area (Å²) in [7, 11) is 0. The second kappa shape index (κ2) is 10.6. The van der Waals surface area contributed by atoms with E-state index < -0.39 is 17.6 Å². The van der Waals surface area contributed by atoms with Crippen LogP contribution in [0.4, 0.5) is 24.5 Å². The standard InChI is InChI=1S/C23H26F3N3OS/c24-23(25,26)18-12-13-20(29-14-8-3-1-2-4-9-15-29)19(16-18)27-22(31)28-21(30)17-10-6-5-7-11-17/h5-7,10-13,16H,1-4,8-9,14-15H2,(H2,27,28,30,31). The van der Waals surface area contributed by atoms with E-state index in [2.05, 4.69) is 15.5 Å². The highest BCUT2D eigenvalue weighted by molar-refractivity contribution is 7.80. The Kier molecular flexibility index (Phi) is 7.90. The highest BCUT2D eigenvalue weighted by Crippen LogP contribution is 2.36. The minimum absolute atomic E-state index is 0.0429. The van der Waals surface area contributed by atoms with Crippen molar-refractivity contribution in [3.63, 3.8) is 0 Å². The number of nitrogens with zero attached hydrogens (tertiary/aromatic N) is 1. The zero-order valence-electron chi connectivity index (χ0n) is 17.2. The lowest BCUT2D eigenvalue weighted by atomic mass is 10.1.